The van der Waals surface area contributed by atoms with Crippen molar-refractivity contribution >= 4 is 64.6 Å². The molecule has 48 heavy (non-hydrogen) atoms. The summed E-state index contributed by atoms with van der Waals surface area (Å²) in [6.07, 6.45) is 0. The van der Waals surface area contributed by atoms with E-state index in [0.717, 1.165) is 0 Å². The lowest BCUT2D eigenvalue weighted by Crippen LogP contribution is -1.99. The Morgan fingerprint density at radius 3 is 1.08 bits per heavy atom. The molecule has 0 spiro atoms. The van der Waals surface area contributed by atoms with Gasteiger partial charge in [-0.1, -0.05) is 170 Å². The third kappa shape index (κ3) is 3.44. The van der Waals surface area contributed by atoms with E-state index in [9.17, 15) is 0 Å². The maximum atomic E-state index is 2.40. The van der Waals surface area contributed by atoms with E-state index < -0.39 is 0 Å². The molecular weight excluding hydrogens is 577 g/mol. The predicted octanol–water partition coefficient (Wildman–Crippen LogP) is 13.6. The minimum Gasteiger partial charge on any atom is -0.0616 e. The highest BCUT2D eigenvalue weighted by atomic mass is 14.3. The van der Waals surface area contributed by atoms with E-state index in [1.807, 2.05) is 0 Å². The molecule has 0 N–H and O–H groups in total. The number of benzene rings is 10. The van der Waals surface area contributed by atoms with Gasteiger partial charge in [0.25, 0.3) is 0 Å². The first-order chi connectivity index (χ1) is 23.8. The average molecular weight is 605 g/mol. The molecule has 0 aliphatic heterocycles. The highest BCUT2D eigenvalue weighted by molar-refractivity contribution is 6.26. The van der Waals surface area contributed by atoms with Crippen LogP contribution in [0.3, 0.4) is 0 Å². The Kier molecular flexibility index (Phi) is 5.20. The van der Waals surface area contributed by atoms with Gasteiger partial charge in [0.2, 0.25) is 0 Å². The Morgan fingerprint density at radius 2 is 0.500 bits per heavy atom. The van der Waals surface area contributed by atoms with E-state index >= 15 is 0 Å². The van der Waals surface area contributed by atoms with Crippen LogP contribution in [0, 0.1) is 0 Å². The second kappa shape index (κ2) is 9.64. The number of hydrogen-bond donors (Lipinski definition) is 0. The van der Waals surface area contributed by atoms with Crippen molar-refractivity contribution in [1.82, 2.24) is 0 Å². The molecule has 0 amide bonds. The lowest BCUT2D eigenvalue weighted by Gasteiger charge is -2.26. The van der Waals surface area contributed by atoms with E-state index in [4.69, 9.17) is 0 Å². The fourth-order valence-electron chi connectivity index (χ4n) is 8.71. The van der Waals surface area contributed by atoms with Crippen LogP contribution >= 0.6 is 0 Å². The van der Waals surface area contributed by atoms with Gasteiger partial charge in [0, 0.05) is 0 Å². The topological polar surface area (TPSA) is 0 Å². The van der Waals surface area contributed by atoms with Gasteiger partial charge in [-0.05, 0) is 109 Å². The molecule has 0 saturated carbocycles. The van der Waals surface area contributed by atoms with Crippen molar-refractivity contribution < 1.29 is 0 Å². The second-order valence-electron chi connectivity index (χ2n) is 13.2. The Bertz CT molecular complexity index is 2860. The van der Waals surface area contributed by atoms with Crippen LogP contribution < -0.4 is 0 Å². The van der Waals surface area contributed by atoms with Crippen molar-refractivity contribution in [3.8, 4) is 44.5 Å². The van der Waals surface area contributed by atoms with Crippen molar-refractivity contribution in [2.75, 3.05) is 0 Å². The van der Waals surface area contributed by atoms with Crippen molar-refractivity contribution in [3.63, 3.8) is 0 Å². The molecule has 10 aromatic rings. The summed E-state index contributed by atoms with van der Waals surface area (Å²) in [5, 5.41) is 15.5. The van der Waals surface area contributed by atoms with E-state index in [1.165, 1.54) is 109 Å². The van der Waals surface area contributed by atoms with Crippen molar-refractivity contribution in [2.45, 2.75) is 0 Å². The van der Waals surface area contributed by atoms with Crippen LogP contribution in [0.2, 0.25) is 0 Å². The second-order valence-corrected chi connectivity index (χ2v) is 13.2. The SMILES string of the molecule is c1ccc2c(c1)-c1ccccc1-c1c(ccc3c1ccc1c4ccccc4ccc31)-c1c-2ccc2c1ccc1c3ccccc3ccc21. The van der Waals surface area contributed by atoms with Gasteiger partial charge in [-0.3, -0.25) is 0 Å². The average Bonchev–Trinajstić information content (AvgIpc) is 3.15. The molecular formula is C48H28. The third-order valence-corrected chi connectivity index (χ3v) is 10.8. The molecule has 0 bridgehead atoms. The Morgan fingerprint density at radius 1 is 0.167 bits per heavy atom. The molecule has 10 aromatic carbocycles. The third-order valence-electron chi connectivity index (χ3n) is 10.8. The molecule has 1 aliphatic carbocycles. The first kappa shape index (κ1) is 25.9. The maximum absolute atomic E-state index is 2.40. The van der Waals surface area contributed by atoms with Gasteiger partial charge < -0.3 is 0 Å². The molecule has 0 saturated heterocycles. The van der Waals surface area contributed by atoms with Crippen LogP contribution in [0.1, 0.15) is 0 Å². The largest absolute Gasteiger partial charge is 0.0616 e. The maximum Gasteiger partial charge on any atom is -0.00199 e. The zero-order chi connectivity index (χ0) is 31.3. The van der Waals surface area contributed by atoms with E-state index in [1.54, 1.807) is 0 Å². The minimum absolute atomic E-state index is 1.27. The molecule has 0 atom stereocenters. The molecule has 220 valence electrons. The Labute approximate surface area is 278 Å². The Hall–Kier alpha value is -6.24. The van der Waals surface area contributed by atoms with Crippen molar-refractivity contribution in [3.05, 3.63) is 170 Å². The van der Waals surface area contributed by atoms with E-state index in [-0.39, 0.29) is 0 Å². The highest BCUT2D eigenvalue weighted by Gasteiger charge is 2.25. The lowest BCUT2D eigenvalue weighted by atomic mass is 9.77. The molecule has 0 heterocycles. The minimum atomic E-state index is 1.27. The van der Waals surface area contributed by atoms with Crippen molar-refractivity contribution in [1.29, 1.82) is 0 Å². The Balaban J connectivity index is 1.33. The van der Waals surface area contributed by atoms with Crippen LogP contribution in [0.5, 0.6) is 0 Å². The van der Waals surface area contributed by atoms with E-state index in [2.05, 4.69) is 170 Å². The van der Waals surface area contributed by atoms with Crippen LogP contribution in [0.25, 0.3) is 109 Å². The number of rotatable bonds is 0. The normalized spacial score (nSPS) is 12.2. The summed E-state index contributed by atoms with van der Waals surface area (Å²) in [6.45, 7) is 0. The van der Waals surface area contributed by atoms with Gasteiger partial charge in [-0.25, -0.2) is 0 Å². The molecule has 0 nitrogen and oxygen atoms in total. The molecule has 0 fully saturated rings. The van der Waals surface area contributed by atoms with Gasteiger partial charge in [-0.2, -0.15) is 0 Å². The zero-order valence-electron chi connectivity index (χ0n) is 26.2. The molecule has 0 aromatic heterocycles. The molecule has 0 radical (unpaired) electrons. The summed E-state index contributed by atoms with van der Waals surface area (Å²) in [5.74, 6) is 0. The van der Waals surface area contributed by atoms with Crippen LogP contribution in [0.15, 0.2) is 170 Å². The quantitative estimate of drug-likeness (QED) is 0.151. The van der Waals surface area contributed by atoms with Crippen LogP contribution in [0.4, 0.5) is 0 Å². The van der Waals surface area contributed by atoms with Gasteiger partial charge in [0.05, 0.1) is 0 Å². The summed E-state index contributed by atoms with van der Waals surface area (Å²) in [4.78, 5) is 0. The summed E-state index contributed by atoms with van der Waals surface area (Å²) in [5.41, 5.74) is 10.3. The fourth-order valence-corrected chi connectivity index (χ4v) is 8.71. The molecule has 0 unspecified atom stereocenters. The number of fused-ring (bicyclic) bond motifs is 20. The predicted molar refractivity (Wildman–Crippen MR) is 207 cm³/mol. The highest BCUT2D eigenvalue weighted by Crippen LogP contribution is 2.53. The van der Waals surface area contributed by atoms with Gasteiger partial charge in [-0.15, -0.1) is 0 Å². The molecule has 1 aliphatic rings. The lowest BCUT2D eigenvalue weighted by molar-refractivity contribution is 1.55. The molecule has 11 rings (SSSR count). The van der Waals surface area contributed by atoms with Crippen LogP contribution in [-0.2, 0) is 0 Å². The summed E-state index contributed by atoms with van der Waals surface area (Å²) >= 11 is 0. The zero-order valence-corrected chi connectivity index (χ0v) is 26.2. The van der Waals surface area contributed by atoms with Crippen molar-refractivity contribution in [2.24, 2.45) is 0 Å². The van der Waals surface area contributed by atoms with Gasteiger partial charge in [0.1, 0.15) is 0 Å². The first-order valence-corrected chi connectivity index (χ1v) is 16.8. The smallest absolute Gasteiger partial charge is 0.00199 e. The van der Waals surface area contributed by atoms with Crippen LogP contribution in [-0.4, -0.2) is 0 Å². The van der Waals surface area contributed by atoms with Gasteiger partial charge in [0.15, 0.2) is 0 Å². The summed E-state index contributed by atoms with van der Waals surface area (Å²) in [6, 6.07) is 63.6. The summed E-state index contributed by atoms with van der Waals surface area (Å²) in [7, 11) is 0. The first-order valence-electron chi connectivity index (χ1n) is 16.8. The summed E-state index contributed by atoms with van der Waals surface area (Å²) < 4.78 is 0. The van der Waals surface area contributed by atoms with Gasteiger partial charge >= 0.3 is 0 Å². The monoisotopic (exact) mass is 604 g/mol. The fraction of sp³-hybridized carbons (Fsp3) is 0. The standard InChI is InChI=1S/C48H28/c1-3-11-31-29(9-1)17-19-38-36(31)22-26-45-40(38)23-27-43-35-15-6-5-13-33(35)34-14-7-8-16-42(34)47-44-25-21-37-32-12-4-2-10-30(32)18-20-39(37)41(44)24-28-46(47)48(43)45/h1-28H. The number of hydrogen-bond acceptors (Lipinski definition) is 0. The van der Waals surface area contributed by atoms with E-state index in [0.29, 0.717) is 0 Å². The molecule has 0 heteroatoms.